The topological polar surface area (TPSA) is 151 Å². The number of aromatic carboxylic acids is 1. The van der Waals surface area contributed by atoms with Gasteiger partial charge in [-0.15, -0.1) is 0 Å². The molecular weight excluding hydrogens is 677 g/mol. The van der Waals surface area contributed by atoms with E-state index in [2.05, 4.69) is 10.4 Å². The van der Waals surface area contributed by atoms with Crippen LogP contribution in [0.4, 0.5) is 5.69 Å². The molecule has 0 fully saturated rings. The standard InChI is InChI=1S/C37H39Cl2N7O4/c1-18-12-23(13-19(2)33(18)39)50-11-7-8-24-25-9-10-27(38)32(31(21(4)40)22(5)43-41)34(25)46-20(3)16-45(36(47)35(24)46)30-17-44(6)29-15-42-28(37(48)49)14-26(29)30/h9-10,12-15,17,20,40,43H,7-8,11,16,41H2,1-6H3,(H,48,49)/b31-22+,40-21?/t20-/m1/s1. The lowest BCUT2D eigenvalue weighted by atomic mass is 9.96. The van der Waals surface area contributed by atoms with E-state index in [0.717, 1.165) is 33.3 Å². The number of carbonyl (C=O) groups is 2. The number of hydrogen-bond donors (Lipinski definition) is 4. The van der Waals surface area contributed by atoms with Gasteiger partial charge in [0.15, 0.2) is 0 Å². The third-order valence-electron chi connectivity index (χ3n) is 9.39. The molecule has 0 radical (unpaired) electrons. The summed E-state index contributed by atoms with van der Waals surface area (Å²) in [6.45, 7) is 10.1. The maximum Gasteiger partial charge on any atom is 0.354 e. The second-order valence-corrected chi connectivity index (χ2v) is 13.7. The summed E-state index contributed by atoms with van der Waals surface area (Å²) in [6, 6.07) is 8.84. The number of carbonyl (C=O) groups excluding carboxylic acids is 1. The number of benzene rings is 2. The molecule has 1 aliphatic rings. The van der Waals surface area contributed by atoms with E-state index in [1.54, 1.807) is 24.8 Å². The third-order valence-corrected chi connectivity index (χ3v) is 10.3. The monoisotopic (exact) mass is 715 g/mol. The first-order valence-electron chi connectivity index (χ1n) is 16.2. The summed E-state index contributed by atoms with van der Waals surface area (Å²) in [6.07, 6.45) is 4.46. The van der Waals surface area contributed by atoms with Crippen molar-refractivity contribution in [3.05, 3.63) is 92.1 Å². The van der Waals surface area contributed by atoms with Gasteiger partial charge in [0.25, 0.3) is 5.91 Å². The van der Waals surface area contributed by atoms with E-state index < -0.39 is 5.97 Å². The van der Waals surface area contributed by atoms with Gasteiger partial charge in [-0.05, 0) is 88.4 Å². The van der Waals surface area contributed by atoms with Crippen LogP contribution >= 0.6 is 23.2 Å². The Morgan fingerprint density at radius 2 is 1.86 bits per heavy atom. The molecule has 50 heavy (non-hydrogen) atoms. The maximum absolute atomic E-state index is 14.9. The van der Waals surface area contributed by atoms with Crippen LogP contribution in [0.1, 0.15) is 76.5 Å². The van der Waals surface area contributed by atoms with Crippen molar-refractivity contribution >= 4 is 73.9 Å². The molecule has 1 aliphatic heterocycles. The predicted molar refractivity (Wildman–Crippen MR) is 199 cm³/mol. The summed E-state index contributed by atoms with van der Waals surface area (Å²) >= 11 is 13.3. The van der Waals surface area contributed by atoms with Gasteiger partial charge in [-0.2, -0.15) is 0 Å². The molecule has 0 bridgehead atoms. The van der Waals surface area contributed by atoms with E-state index in [0.29, 0.717) is 75.2 Å². The van der Waals surface area contributed by atoms with Crippen molar-refractivity contribution in [1.82, 2.24) is 19.5 Å². The first-order chi connectivity index (χ1) is 23.7. The summed E-state index contributed by atoms with van der Waals surface area (Å²) in [4.78, 5) is 32.5. The van der Waals surface area contributed by atoms with E-state index in [1.165, 1.54) is 12.3 Å². The Morgan fingerprint density at radius 1 is 1.16 bits per heavy atom. The average molecular weight is 717 g/mol. The highest BCUT2D eigenvalue weighted by atomic mass is 35.5. The minimum Gasteiger partial charge on any atom is -0.494 e. The summed E-state index contributed by atoms with van der Waals surface area (Å²) in [5.41, 5.74) is 9.87. The quantitative estimate of drug-likeness (QED) is 0.0503. The van der Waals surface area contributed by atoms with Crippen molar-refractivity contribution in [1.29, 1.82) is 5.41 Å². The number of halogens is 2. The Kier molecular flexibility index (Phi) is 9.43. The molecule has 6 rings (SSSR count). The Labute approximate surface area is 299 Å². The molecule has 0 unspecified atom stereocenters. The first-order valence-corrected chi connectivity index (χ1v) is 17.0. The largest absolute Gasteiger partial charge is 0.494 e. The molecule has 11 nitrogen and oxygen atoms in total. The fraction of sp³-hybridized carbons (Fsp3) is 0.297. The zero-order valence-electron chi connectivity index (χ0n) is 28.7. The molecule has 2 aromatic carbocycles. The summed E-state index contributed by atoms with van der Waals surface area (Å²) < 4.78 is 10.0. The fourth-order valence-electron chi connectivity index (χ4n) is 7.12. The minimum absolute atomic E-state index is 0.104. The van der Waals surface area contributed by atoms with Crippen molar-refractivity contribution < 1.29 is 19.4 Å². The van der Waals surface area contributed by atoms with Crippen molar-refractivity contribution in [2.45, 2.75) is 53.5 Å². The van der Waals surface area contributed by atoms with E-state index in [-0.39, 0.29) is 23.4 Å². The molecule has 0 saturated carbocycles. The van der Waals surface area contributed by atoms with Gasteiger partial charge in [0.2, 0.25) is 0 Å². The smallest absolute Gasteiger partial charge is 0.354 e. The van der Waals surface area contributed by atoms with Crippen molar-refractivity contribution in [2.24, 2.45) is 12.9 Å². The summed E-state index contributed by atoms with van der Waals surface area (Å²) in [5.74, 6) is 5.22. The normalized spacial score (nSPS) is 15.0. The summed E-state index contributed by atoms with van der Waals surface area (Å²) in [5, 5.41) is 21.0. The van der Waals surface area contributed by atoms with Gasteiger partial charge in [-0.25, -0.2) is 9.78 Å². The van der Waals surface area contributed by atoms with E-state index in [4.69, 9.17) is 39.2 Å². The van der Waals surface area contributed by atoms with Gasteiger partial charge in [0, 0.05) is 64.2 Å². The Hall–Kier alpha value is -4.84. The highest BCUT2D eigenvalue weighted by Gasteiger charge is 2.37. The van der Waals surface area contributed by atoms with Crippen molar-refractivity contribution in [3.8, 4) is 5.75 Å². The van der Waals surface area contributed by atoms with Gasteiger partial charge < -0.3 is 34.7 Å². The number of nitrogens with two attached hydrogens (primary N) is 1. The Morgan fingerprint density at radius 3 is 2.50 bits per heavy atom. The number of aryl methyl sites for hydroxylation is 4. The van der Waals surface area contributed by atoms with E-state index in [1.807, 2.05) is 61.3 Å². The maximum atomic E-state index is 14.9. The zero-order chi connectivity index (χ0) is 36.2. The number of rotatable bonds is 10. The number of nitrogens with one attached hydrogen (secondary N) is 2. The number of nitrogens with zero attached hydrogens (tertiary/aromatic N) is 4. The number of anilines is 1. The van der Waals surface area contributed by atoms with Crippen LogP contribution in [0.25, 0.3) is 27.4 Å². The molecular formula is C37H39Cl2N7O4. The molecule has 13 heteroatoms. The number of amides is 1. The van der Waals surface area contributed by atoms with Crippen LogP contribution in [-0.4, -0.2) is 50.0 Å². The molecule has 0 aliphatic carbocycles. The number of allylic oxidation sites excluding steroid dienone is 2. The molecule has 4 heterocycles. The van der Waals surface area contributed by atoms with Crippen LogP contribution in [0.3, 0.4) is 0 Å². The van der Waals surface area contributed by atoms with Crippen LogP contribution in [0, 0.1) is 19.3 Å². The lowest BCUT2D eigenvalue weighted by Gasteiger charge is -2.34. The van der Waals surface area contributed by atoms with E-state index in [9.17, 15) is 14.7 Å². The predicted octanol–water partition coefficient (Wildman–Crippen LogP) is 7.62. The van der Waals surface area contributed by atoms with Gasteiger partial charge in [-0.1, -0.05) is 29.3 Å². The van der Waals surface area contributed by atoms with Crippen molar-refractivity contribution in [3.63, 3.8) is 0 Å². The molecule has 1 amide bonds. The first kappa shape index (κ1) is 35.0. The fourth-order valence-corrected chi connectivity index (χ4v) is 7.48. The highest BCUT2D eigenvalue weighted by Crippen LogP contribution is 2.43. The number of aromatic nitrogens is 3. The van der Waals surface area contributed by atoms with Gasteiger partial charge in [0.05, 0.1) is 34.5 Å². The number of hydrogen-bond acceptors (Lipinski definition) is 7. The number of pyridine rings is 1. The molecule has 1 atom stereocenters. The summed E-state index contributed by atoms with van der Waals surface area (Å²) in [7, 11) is 1.84. The second kappa shape index (κ2) is 13.5. The number of hydrazine groups is 1. The van der Waals surface area contributed by atoms with Gasteiger partial charge >= 0.3 is 5.97 Å². The van der Waals surface area contributed by atoms with Crippen molar-refractivity contribution in [2.75, 3.05) is 18.1 Å². The minimum atomic E-state index is -1.15. The molecule has 260 valence electrons. The highest BCUT2D eigenvalue weighted by molar-refractivity contribution is 6.37. The van der Waals surface area contributed by atoms with Gasteiger partial charge in [-0.3, -0.25) is 10.6 Å². The van der Waals surface area contributed by atoms with E-state index >= 15 is 0 Å². The number of carboxylic acid groups (broad SMARTS) is 1. The molecule has 0 saturated heterocycles. The Bertz CT molecular complexity index is 2250. The van der Waals surface area contributed by atoms with Crippen LogP contribution in [0.15, 0.2) is 48.4 Å². The SMILES string of the molecule is CC(=N)/C(=C(/C)NN)c1c(Cl)ccc2c(CCCOc3cc(C)c(Cl)c(C)c3)c3n(c12)[C@H](C)CN(c1cn(C)c2cnc(C(=O)O)cc12)C3=O. The molecule has 5 aromatic rings. The molecule has 0 spiro atoms. The number of fused-ring (bicyclic) bond motifs is 4. The Balaban J connectivity index is 1.51. The van der Waals surface area contributed by atoms with Crippen LogP contribution in [0.2, 0.25) is 10.0 Å². The average Bonchev–Trinajstić information content (AvgIpc) is 3.58. The second-order valence-electron chi connectivity index (χ2n) is 12.9. The van der Waals surface area contributed by atoms with Crippen LogP contribution in [0.5, 0.6) is 5.75 Å². The zero-order valence-corrected chi connectivity index (χ0v) is 30.3. The number of ether oxygens (including phenoxy) is 1. The van der Waals surface area contributed by atoms with Crippen LogP contribution < -0.4 is 20.9 Å². The lowest BCUT2D eigenvalue weighted by molar-refractivity contribution is 0.0690. The van der Waals surface area contributed by atoms with Gasteiger partial charge in [0.1, 0.15) is 17.1 Å². The third kappa shape index (κ3) is 5.89. The van der Waals surface area contributed by atoms with Crippen LogP contribution in [-0.2, 0) is 13.5 Å². The molecule has 5 N–H and O–H groups in total. The number of carboxylic acids is 1. The molecule has 3 aromatic heterocycles. The lowest BCUT2D eigenvalue weighted by Crippen LogP contribution is -2.42.